The highest BCUT2D eigenvalue weighted by atomic mass is 16.5. The molecule has 0 radical (unpaired) electrons. The lowest BCUT2D eigenvalue weighted by Gasteiger charge is -2.22. The molecule has 0 spiro atoms. The molecular formula is C17H23NO2. The first-order valence-corrected chi connectivity index (χ1v) is 7.45. The molecule has 0 saturated heterocycles. The van der Waals surface area contributed by atoms with E-state index in [-0.39, 0.29) is 5.91 Å². The minimum absolute atomic E-state index is 0.286. The highest BCUT2D eigenvalue weighted by Crippen LogP contribution is 2.30. The van der Waals surface area contributed by atoms with Crippen molar-refractivity contribution in [1.29, 1.82) is 0 Å². The Kier molecular flexibility index (Phi) is 5.22. The van der Waals surface area contributed by atoms with Crippen LogP contribution in [-0.2, 0) is 4.79 Å². The lowest BCUT2D eigenvalue weighted by molar-refractivity contribution is -0.115. The third-order valence-corrected chi connectivity index (χ3v) is 3.84. The molecule has 3 heteroatoms. The van der Waals surface area contributed by atoms with Gasteiger partial charge in [0.05, 0.1) is 6.61 Å². The van der Waals surface area contributed by atoms with Crippen molar-refractivity contribution in [2.45, 2.75) is 39.0 Å². The van der Waals surface area contributed by atoms with Gasteiger partial charge in [-0.1, -0.05) is 31.4 Å². The van der Waals surface area contributed by atoms with Crippen molar-refractivity contribution in [2.24, 2.45) is 11.7 Å². The van der Waals surface area contributed by atoms with Crippen LogP contribution in [0.1, 0.15) is 44.6 Å². The fourth-order valence-electron chi connectivity index (χ4n) is 2.81. The summed E-state index contributed by atoms with van der Waals surface area (Å²) in [4.78, 5) is 11.7. The predicted molar refractivity (Wildman–Crippen MR) is 81.4 cm³/mol. The number of rotatable bonds is 5. The molecule has 20 heavy (non-hydrogen) atoms. The minimum Gasteiger partial charge on any atom is -0.494 e. The van der Waals surface area contributed by atoms with Crippen LogP contribution in [0, 0.1) is 5.92 Å². The second kappa shape index (κ2) is 7.13. The van der Waals surface area contributed by atoms with Gasteiger partial charge < -0.3 is 10.5 Å². The summed E-state index contributed by atoms with van der Waals surface area (Å²) >= 11 is 0. The van der Waals surface area contributed by atoms with Crippen LogP contribution < -0.4 is 10.5 Å². The van der Waals surface area contributed by atoms with E-state index in [1.807, 2.05) is 37.3 Å². The van der Waals surface area contributed by atoms with Crippen LogP contribution in [0.15, 0.2) is 29.8 Å². The van der Waals surface area contributed by atoms with E-state index in [1.54, 1.807) is 0 Å². The maximum Gasteiger partial charge on any atom is 0.244 e. The number of hydrogen-bond donors (Lipinski definition) is 1. The zero-order valence-corrected chi connectivity index (χ0v) is 12.1. The first kappa shape index (κ1) is 14.6. The number of primary amides is 1. The van der Waals surface area contributed by atoms with Crippen molar-refractivity contribution >= 4 is 12.0 Å². The number of nitrogens with two attached hydrogens (primary N) is 1. The fourth-order valence-corrected chi connectivity index (χ4v) is 2.81. The molecule has 1 aliphatic carbocycles. The number of ether oxygens (including phenoxy) is 1. The SMILES string of the molecule is CCOc1ccc(C=C(C(N)=O)C2CCCCC2)cc1. The van der Waals surface area contributed by atoms with Crippen LogP contribution in [0.25, 0.3) is 6.08 Å². The normalized spacial score (nSPS) is 16.9. The molecule has 1 saturated carbocycles. The van der Waals surface area contributed by atoms with E-state index in [2.05, 4.69) is 0 Å². The quantitative estimate of drug-likeness (QED) is 0.834. The van der Waals surface area contributed by atoms with Gasteiger partial charge in [0.1, 0.15) is 5.75 Å². The standard InChI is InChI=1S/C17H23NO2/c1-2-20-15-10-8-13(9-11-15)12-16(17(18)19)14-6-4-3-5-7-14/h8-12,14H,2-7H2,1H3,(H2,18,19). The first-order valence-electron chi connectivity index (χ1n) is 7.45. The van der Waals surface area contributed by atoms with Gasteiger partial charge in [0.25, 0.3) is 0 Å². The highest BCUT2D eigenvalue weighted by Gasteiger charge is 2.21. The smallest absolute Gasteiger partial charge is 0.244 e. The van der Waals surface area contributed by atoms with E-state index < -0.39 is 0 Å². The maximum absolute atomic E-state index is 11.7. The van der Waals surface area contributed by atoms with E-state index in [0.29, 0.717) is 12.5 Å². The van der Waals surface area contributed by atoms with Crippen molar-refractivity contribution in [2.75, 3.05) is 6.61 Å². The van der Waals surface area contributed by atoms with E-state index in [1.165, 1.54) is 19.3 Å². The second-order valence-corrected chi connectivity index (χ2v) is 5.30. The van der Waals surface area contributed by atoms with Crippen LogP contribution in [0.5, 0.6) is 5.75 Å². The first-order chi connectivity index (χ1) is 9.70. The number of hydrogen-bond acceptors (Lipinski definition) is 2. The Morgan fingerprint density at radius 3 is 2.45 bits per heavy atom. The molecule has 1 aromatic rings. The lowest BCUT2D eigenvalue weighted by atomic mass is 9.82. The zero-order chi connectivity index (χ0) is 14.4. The summed E-state index contributed by atoms with van der Waals surface area (Å²) in [6.45, 7) is 2.62. The molecule has 2 rings (SSSR count). The summed E-state index contributed by atoms with van der Waals surface area (Å²) in [7, 11) is 0. The highest BCUT2D eigenvalue weighted by molar-refractivity contribution is 5.97. The molecule has 1 fully saturated rings. The van der Waals surface area contributed by atoms with Gasteiger partial charge in [0, 0.05) is 5.57 Å². The summed E-state index contributed by atoms with van der Waals surface area (Å²) < 4.78 is 5.42. The molecule has 0 bridgehead atoms. The Morgan fingerprint density at radius 2 is 1.90 bits per heavy atom. The Hall–Kier alpha value is -1.77. The molecule has 2 N–H and O–H groups in total. The van der Waals surface area contributed by atoms with Gasteiger partial charge in [0.15, 0.2) is 0 Å². The predicted octanol–water partition coefficient (Wildman–Crippen LogP) is 3.53. The molecule has 0 heterocycles. The van der Waals surface area contributed by atoms with Crippen LogP contribution in [-0.4, -0.2) is 12.5 Å². The van der Waals surface area contributed by atoms with Gasteiger partial charge in [-0.15, -0.1) is 0 Å². The third kappa shape index (κ3) is 3.86. The summed E-state index contributed by atoms with van der Waals surface area (Å²) in [5.74, 6) is 0.890. The maximum atomic E-state index is 11.7. The average molecular weight is 273 g/mol. The lowest BCUT2D eigenvalue weighted by Crippen LogP contribution is -2.22. The van der Waals surface area contributed by atoms with Crippen LogP contribution in [0.2, 0.25) is 0 Å². The molecule has 1 aromatic carbocycles. The van der Waals surface area contributed by atoms with E-state index in [4.69, 9.17) is 10.5 Å². The second-order valence-electron chi connectivity index (χ2n) is 5.30. The zero-order valence-electron chi connectivity index (χ0n) is 12.1. The average Bonchev–Trinajstić information content (AvgIpc) is 2.47. The number of amides is 1. The molecule has 3 nitrogen and oxygen atoms in total. The molecule has 1 aliphatic rings. The van der Waals surface area contributed by atoms with Crippen molar-refractivity contribution < 1.29 is 9.53 Å². The van der Waals surface area contributed by atoms with Crippen LogP contribution >= 0.6 is 0 Å². The summed E-state index contributed by atoms with van der Waals surface area (Å²) in [5.41, 5.74) is 7.34. The molecule has 0 aromatic heterocycles. The van der Waals surface area contributed by atoms with Crippen molar-refractivity contribution in [3.63, 3.8) is 0 Å². The fraction of sp³-hybridized carbons (Fsp3) is 0.471. The summed E-state index contributed by atoms with van der Waals surface area (Å²) in [6, 6.07) is 7.79. The molecule has 0 unspecified atom stereocenters. The van der Waals surface area contributed by atoms with Gasteiger partial charge in [-0.05, 0) is 49.5 Å². The van der Waals surface area contributed by atoms with Crippen molar-refractivity contribution in [3.05, 3.63) is 35.4 Å². The summed E-state index contributed by atoms with van der Waals surface area (Å²) in [6.07, 6.45) is 7.74. The molecule has 0 atom stereocenters. The third-order valence-electron chi connectivity index (χ3n) is 3.84. The van der Waals surface area contributed by atoms with E-state index >= 15 is 0 Å². The van der Waals surface area contributed by atoms with E-state index in [9.17, 15) is 4.79 Å². The van der Waals surface area contributed by atoms with Crippen molar-refractivity contribution in [1.82, 2.24) is 0 Å². The molecule has 0 aliphatic heterocycles. The Labute approximate surface area is 120 Å². The van der Waals surface area contributed by atoms with Crippen LogP contribution in [0.3, 0.4) is 0 Å². The van der Waals surface area contributed by atoms with Gasteiger partial charge in [-0.2, -0.15) is 0 Å². The Bertz CT molecular complexity index is 470. The summed E-state index contributed by atoms with van der Waals surface area (Å²) in [5, 5.41) is 0. The van der Waals surface area contributed by atoms with Crippen LogP contribution in [0.4, 0.5) is 0 Å². The van der Waals surface area contributed by atoms with Gasteiger partial charge in [-0.25, -0.2) is 0 Å². The van der Waals surface area contributed by atoms with Gasteiger partial charge in [0.2, 0.25) is 5.91 Å². The van der Waals surface area contributed by atoms with E-state index in [0.717, 1.165) is 29.7 Å². The number of benzene rings is 1. The molecular weight excluding hydrogens is 250 g/mol. The molecule has 1 amide bonds. The van der Waals surface area contributed by atoms with Crippen molar-refractivity contribution in [3.8, 4) is 5.75 Å². The molecule has 108 valence electrons. The largest absolute Gasteiger partial charge is 0.494 e. The number of carbonyl (C=O) groups excluding carboxylic acids is 1. The van der Waals surface area contributed by atoms with Gasteiger partial charge >= 0.3 is 0 Å². The van der Waals surface area contributed by atoms with Gasteiger partial charge in [-0.3, -0.25) is 4.79 Å². The Morgan fingerprint density at radius 1 is 1.25 bits per heavy atom. The minimum atomic E-state index is -0.286. The number of carbonyl (C=O) groups is 1. The monoisotopic (exact) mass is 273 g/mol. The topological polar surface area (TPSA) is 52.3 Å². The Balaban J connectivity index is 2.17.